The lowest BCUT2D eigenvalue weighted by molar-refractivity contribution is 0.0944. The molecule has 3 aromatic rings. The predicted octanol–water partition coefficient (Wildman–Crippen LogP) is 1.21. The first-order chi connectivity index (χ1) is 14.2. The summed E-state index contributed by atoms with van der Waals surface area (Å²) in [6.07, 6.45) is 4.91. The zero-order chi connectivity index (χ0) is 20.1. The van der Waals surface area contributed by atoms with E-state index in [9.17, 15) is 9.59 Å². The molecule has 1 fully saturated rings. The number of nitrogens with zero attached hydrogens (tertiary/aromatic N) is 6. The van der Waals surface area contributed by atoms with Gasteiger partial charge in [0.2, 0.25) is 5.95 Å². The van der Waals surface area contributed by atoms with Gasteiger partial charge in [0.05, 0.1) is 12.8 Å². The van der Waals surface area contributed by atoms with Crippen LogP contribution in [0.1, 0.15) is 16.2 Å². The number of piperazine rings is 1. The van der Waals surface area contributed by atoms with E-state index >= 15 is 0 Å². The lowest BCUT2D eigenvalue weighted by Crippen LogP contribution is -2.50. The van der Waals surface area contributed by atoms with E-state index in [0.29, 0.717) is 42.9 Å². The highest BCUT2D eigenvalue weighted by molar-refractivity contribution is 7.10. The third-order valence-corrected chi connectivity index (χ3v) is 4.97. The van der Waals surface area contributed by atoms with Crippen molar-refractivity contribution in [1.82, 2.24) is 29.8 Å². The van der Waals surface area contributed by atoms with Crippen molar-refractivity contribution in [2.24, 2.45) is 0 Å². The second-order valence-electron chi connectivity index (χ2n) is 6.17. The maximum Gasteiger partial charge on any atom is 0.322 e. The maximum absolute atomic E-state index is 12.6. The van der Waals surface area contributed by atoms with Gasteiger partial charge < -0.3 is 19.5 Å². The van der Waals surface area contributed by atoms with Gasteiger partial charge >= 0.3 is 6.03 Å². The van der Waals surface area contributed by atoms with E-state index in [1.807, 2.05) is 4.90 Å². The first-order valence-electron chi connectivity index (χ1n) is 8.91. The summed E-state index contributed by atoms with van der Waals surface area (Å²) in [5.41, 5.74) is 0.0752. The molecule has 4 rings (SSSR count). The van der Waals surface area contributed by atoms with Gasteiger partial charge in [-0.25, -0.2) is 14.8 Å². The number of carbonyl (C=O) groups is 2. The van der Waals surface area contributed by atoms with Crippen LogP contribution in [0.3, 0.4) is 0 Å². The zero-order valence-electron chi connectivity index (χ0n) is 15.3. The Morgan fingerprint density at radius 3 is 2.66 bits per heavy atom. The van der Waals surface area contributed by atoms with Gasteiger partial charge in [-0.2, -0.15) is 0 Å². The van der Waals surface area contributed by atoms with Gasteiger partial charge in [0.1, 0.15) is 5.76 Å². The fourth-order valence-corrected chi connectivity index (χ4v) is 3.38. The number of aromatic nitrogens is 4. The SMILES string of the molecule is O=C(NCc1ccco1)c1nnsc1NC(=O)N1CCN(c2ncccn2)CC1. The van der Waals surface area contributed by atoms with Gasteiger partial charge in [-0.1, -0.05) is 4.49 Å². The van der Waals surface area contributed by atoms with Crippen LogP contribution in [0, 0.1) is 0 Å². The summed E-state index contributed by atoms with van der Waals surface area (Å²) >= 11 is 0.957. The van der Waals surface area contributed by atoms with Crippen LogP contribution < -0.4 is 15.5 Å². The molecule has 0 atom stereocenters. The van der Waals surface area contributed by atoms with Crippen LogP contribution in [0.25, 0.3) is 0 Å². The lowest BCUT2D eigenvalue weighted by Gasteiger charge is -2.34. The van der Waals surface area contributed by atoms with Crippen molar-refractivity contribution in [2.45, 2.75) is 6.54 Å². The summed E-state index contributed by atoms with van der Waals surface area (Å²) in [5.74, 6) is 0.832. The van der Waals surface area contributed by atoms with Crippen LogP contribution in [-0.4, -0.2) is 62.6 Å². The Morgan fingerprint density at radius 2 is 1.93 bits per heavy atom. The molecule has 4 heterocycles. The standard InChI is InChI=1S/C17H18N8O3S/c26-14(20-11-12-3-1-10-28-12)13-15(29-23-22-13)21-17(27)25-8-6-24(7-9-25)16-18-4-2-5-19-16/h1-5,10H,6-9,11H2,(H,20,26)(H,21,27). The molecular weight excluding hydrogens is 396 g/mol. The summed E-state index contributed by atoms with van der Waals surface area (Å²) in [5, 5.41) is 9.57. The molecule has 150 valence electrons. The van der Waals surface area contributed by atoms with Crippen molar-refractivity contribution in [2.75, 3.05) is 36.4 Å². The van der Waals surface area contributed by atoms with E-state index in [2.05, 4.69) is 30.2 Å². The molecule has 0 aliphatic carbocycles. The molecule has 0 unspecified atom stereocenters. The zero-order valence-corrected chi connectivity index (χ0v) is 16.1. The van der Waals surface area contributed by atoms with E-state index in [1.165, 1.54) is 6.26 Å². The van der Waals surface area contributed by atoms with Crippen LogP contribution in [-0.2, 0) is 6.54 Å². The Balaban J connectivity index is 1.31. The third-order valence-electron chi connectivity index (χ3n) is 4.33. The molecule has 0 bridgehead atoms. The number of hydrogen-bond acceptors (Lipinski definition) is 9. The molecule has 3 aromatic heterocycles. The molecule has 12 heteroatoms. The normalized spacial score (nSPS) is 13.9. The molecule has 3 amide bonds. The highest BCUT2D eigenvalue weighted by Gasteiger charge is 2.25. The minimum Gasteiger partial charge on any atom is -0.467 e. The monoisotopic (exact) mass is 414 g/mol. The Bertz CT molecular complexity index is 954. The van der Waals surface area contributed by atoms with Crippen molar-refractivity contribution >= 4 is 34.4 Å². The minimum atomic E-state index is -0.434. The molecule has 0 aromatic carbocycles. The summed E-state index contributed by atoms with van der Waals surface area (Å²) in [7, 11) is 0. The van der Waals surface area contributed by atoms with Gasteiger partial charge in [0, 0.05) is 50.1 Å². The lowest BCUT2D eigenvalue weighted by atomic mass is 10.3. The Morgan fingerprint density at radius 1 is 1.14 bits per heavy atom. The van der Waals surface area contributed by atoms with Crippen molar-refractivity contribution in [3.63, 3.8) is 0 Å². The number of anilines is 2. The van der Waals surface area contributed by atoms with E-state index in [1.54, 1.807) is 35.5 Å². The van der Waals surface area contributed by atoms with Gasteiger partial charge in [-0.3, -0.25) is 10.1 Å². The maximum atomic E-state index is 12.6. The van der Waals surface area contributed by atoms with Gasteiger partial charge in [0.15, 0.2) is 10.7 Å². The second kappa shape index (κ2) is 8.65. The second-order valence-corrected chi connectivity index (χ2v) is 6.92. The number of amides is 3. The highest BCUT2D eigenvalue weighted by Crippen LogP contribution is 2.19. The van der Waals surface area contributed by atoms with Gasteiger partial charge in [-0.05, 0) is 18.2 Å². The number of urea groups is 1. The molecule has 29 heavy (non-hydrogen) atoms. The molecule has 0 spiro atoms. The predicted molar refractivity (Wildman–Crippen MR) is 105 cm³/mol. The summed E-state index contributed by atoms with van der Waals surface area (Å²) < 4.78 is 8.97. The number of furan rings is 1. The smallest absolute Gasteiger partial charge is 0.322 e. The molecule has 0 radical (unpaired) electrons. The molecule has 0 saturated carbocycles. The molecule has 11 nitrogen and oxygen atoms in total. The van der Waals surface area contributed by atoms with Crippen molar-refractivity contribution in [1.29, 1.82) is 0 Å². The highest BCUT2D eigenvalue weighted by atomic mass is 32.1. The molecule has 1 aliphatic heterocycles. The number of nitrogens with one attached hydrogen (secondary N) is 2. The molecule has 1 aliphatic rings. The van der Waals surface area contributed by atoms with E-state index in [-0.39, 0.29) is 18.3 Å². The van der Waals surface area contributed by atoms with Gasteiger partial charge in [-0.15, -0.1) is 5.10 Å². The largest absolute Gasteiger partial charge is 0.467 e. The Kier molecular flexibility index (Phi) is 5.61. The first kappa shape index (κ1) is 18.8. The van der Waals surface area contributed by atoms with Crippen LogP contribution in [0.4, 0.5) is 15.7 Å². The fourth-order valence-electron chi connectivity index (χ4n) is 2.83. The van der Waals surface area contributed by atoms with Crippen LogP contribution in [0.2, 0.25) is 0 Å². The fraction of sp³-hybridized carbons (Fsp3) is 0.294. The summed E-state index contributed by atoms with van der Waals surface area (Å²) in [6, 6.07) is 4.95. The van der Waals surface area contributed by atoms with Crippen LogP contribution in [0.5, 0.6) is 0 Å². The van der Waals surface area contributed by atoms with Crippen molar-refractivity contribution in [3.05, 3.63) is 48.3 Å². The number of carbonyl (C=O) groups excluding carboxylic acids is 2. The average molecular weight is 414 g/mol. The molecule has 2 N–H and O–H groups in total. The van der Waals surface area contributed by atoms with Crippen LogP contribution in [0.15, 0.2) is 41.3 Å². The third kappa shape index (κ3) is 4.48. The minimum absolute atomic E-state index is 0.0752. The molecule has 1 saturated heterocycles. The number of hydrogen-bond donors (Lipinski definition) is 2. The Hall–Kier alpha value is -3.54. The topological polar surface area (TPSA) is 129 Å². The number of rotatable bonds is 5. The van der Waals surface area contributed by atoms with Crippen molar-refractivity contribution < 1.29 is 14.0 Å². The Labute approximate surface area is 169 Å². The average Bonchev–Trinajstić information content (AvgIpc) is 3.45. The van der Waals surface area contributed by atoms with E-state index in [4.69, 9.17) is 4.42 Å². The van der Waals surface area contributed by atoms with Crippen LogP contribution >= 0.6 is 11.5 Å². The quantitative estimate of drug-likeness (QED) is 0.637. The van der Waals surface area contributed by atoms with Crippen molar-refractivity contribution in [3.8, 4) is 0 Å². The van der Waals surface area contributed by atoms with E-state index < -0.39 is 5.91 Å². The summed E-state index contributed by atoms with van der Waals surface area (Å²) in [4.78, 5) is 37.1. The van der Waals surface area contributed by atoms with Gasteiger partial charge in [0.25, 0.3) is 5.91 Å². The molecular formula is C17H18N8O3S. The van der Waals surface area contributed by atoms with E-state index in [0.717, 1.165) is 11.5 Å². The summed E-state index contributed by atoms with van der Waals surface area (Å²) in [6.45, 7) is 2.48. The first-order valence-corrected chi connectivity index (χ1v) is 9.69.